The summed E-state index contributed by atoms with van der Waals surface area (Å²) in [6.45, 7) is 13.7. The van der Waals surface area contributed by atoms with Crippen molar-refractivity contribution in [3.63, 3.8) is 0 Å². The summed E-state index contributed by atoms with van der Waals surface area (Å²) in [4.78, 5) is 61.3. The number of carbonyl (C=O) groups is 5. The second kappa shape index (κ2) is 17.1. The average molecular weight is 517 g/mol. The number of ether oxygens (including phenoxy) is 4. The SMILES string of the molecule is CC(C)CC(=O)OC[C@@H](O)[C@@H](OC(=O)CC(C)C)[C@H](OC(=O)CC(C)C)[C@H](C=O)OC(=O)CC(C)C. The van der Waals surface area contributed by atoms with Gasteiger partial charge in [-0.15, -0.1) is 0 Å². The van der Waals surface area contributed by atoms with Crippen LogP contribution in [0, 0.1) is 23.7 Å². The summed E-state index contributed by atoms with van der Waals surface area (Å²) < 4.78 is 21.3. The molecule has 36 heavy (non-hydrogen) atoms. The van der Waals surface area contributed by atoms with Gasteiger partial charge in [0.1, 0.15) is 12.7 Å². The number of hydrogen-bond acceptors (Lipinski definition) is 10. The highest BCUT2D eigenvalue weighted by Gasteiger charge is 2.43. The Bertz CT molecular complexity index is 714. The molecule has 10 heteroatoms. The maximum atomic E-state index is 12.5. The topological polar surface area (TPSA) is 143 Å². The zero-order valence-corrected chi connectivity index (χ0v) is 22.9. The molecule has 0 rings (SSSR count). The van der Waals surface area contributed by atoms with Crippen molar-refractivity contribution in [1.82, 2.24) is 0 Å². The standard InChI is InChI=1S/C26H44O10/c1-15(2)9-21(29)33-14-19(28)25(35-23(31)11-17(5)6)26(36-24(32)12-18(7)8)20(13-27)34-22(30)10-16(3)4/h13,15-20,25-26,28H,9-12,14H2,1-8H3/t19-,20+,25-,26-/m1/s1. The van der Waals surface area contributed by atoms with Crippen molar-refractivity contribution in [1.29, 1.82) is 0 Å². The van der Waals surface area contributed by atoms with E-state index in [9.17, 15) is 29.1 Å². The van der Waals surface area contributed by atoms with Gasteiger partial charge in [-0.3, -0.25) is 24.0 Å². The van der Waals surface area contributed by atoms with Crippen LogP contribution in [0.15, 0.2) is 0 Å². The van der Waals surface area contributed by atoms with E-state index < -0.39 is 54.9 Å². The van der Waals surface area contributed by atoms with Crippen LogP contribution in [0.25, 0.3) is 0 Å². The highest BCUT2D eigenvalue weighted by molar-refractivity contribution is 5.75. The molecule has 0 aliphatic carbocycles. The van der Waals surface area contributed by atoms with E-state index in [0.717, 1.165) is 0 Å². The first-order chi connectivity index (χ1) is 16.7. The Morgan fingerprint density at radius 3 is 1.36 bits per heavy atom. The Kier molecular flexibility index (Phi) is 15.9. The van der Waals surface area contributed by atoms with Crippen LogP contribution in [0.5, 0.6) is 0 Å². The molecule has 208 valence electrons. The van der Waals surface area contributed by atoms with Gasteiger partial charge >= 0.3 is 23.9 Å². The van der Waals surface area contributed by atoms with Gasteiger partial charge in [-0.1, -0.05) is 55.4 Å². The summed E-state index contributed by atoms with van der Waals surface area (Å²) in [6, 6.07) is 0. The Balaban J connectivity index is 6.10. The molecule has 0 unspecified atom stereocenters. The third-order valence-electron chi connectivity index (χ3n) is 4.68. The van der Waals surface area contributed by atoms with Crippen LogP contribution in [-0.2, 0) is 42.9 Å². The number of aliphatic hydroxyl groups excluding tert-OH is 1. The van der Waals surface area contributed by atoms with E-state index >= 15 is 0 Å². The van der Waals surface area contributed by atoms with Gasteiger partial charge in [-0.05, 0) is 23.7 Å². The van der Waals surface area contributed by atoms with Crippen LogP contribution < -0.4 is 0 Å². The molecule has 0 fully saturated rings. The monoisotopic (exact) mass is 516 g/mol. The predicted molar refractivity (Wildman–Crippen MR) is 130 cm³/mol. The van der Waals surface area contributed by atoms with Gasteiger partial charge in [0.2, 0.25) is 0 Å². The number of hydrogen-bond donors (Lipinski definition) is 1. The van der Waals surface area contributed by atoms with Crippen LogP contribution in [0.3, 0.4) is 0 Å². The number of rotatable bonds is 17. The minimum atomic E-state index is -1.67. The molecule has 0 saturated carbocycles. The first kappa shape index (κ1) is 33.5. The highest BCUT2D eigenvalue weighted by atomic mass is 16.6. The van der Waals surface area contributed by atoms with Crippen molar-refractivity contribution < 1.29 is 48.0 Å². The summed E-state index contributed by atoms with van der Waals surface area (Å²) >= 11 is 0. The van der Waals surface area contributed by atoms with E-state index in [4.69, 9.17) is 18.9 Å². The molecule has 0 bridgehead atoms. The maximum Gasteiger partial charge on any atom is 0.306 e. The van der Waals surface area contributed by atoms with Crippen molar-refractivity contribution in [3.8, 4) is 0 Å². The van der Waals surface area contributed by atoms with Gasteiger partial charge in [0.25, 0.3) is 0 Å². The molecular formula is C26H44O10. The molecule has 0 aromatic carbocycles. The second-order valence-corrected chi connectivity index (χ2v) is 10.6. The lowest BCUT2D eigenvalue weighted by Crippen LogP contribution is -2.53. The van der Waals surface area contributed by atoms with E-state index in [1.165, 1.54) is 0 Å². The molecule has 1 N–H and O–H groups in total. The fourth-order valence-corrected chi connectivity index (χ4v) is 3.12. The molecular weight excluding hydrogens is 472 g/mol. The van der Waals surface area contributed by atoms with Crippen molar-refractivity contribution in [3.05, 3.63) is 0 Å². The third-order valence-corrected chi connectivity index (χ3v) is 4.68. The Morgan fingerprint density at radius 1 is 0.611 bits per heavy atom. The Labute approximate surface area is 214 Å². The first-order valence-corrected chi connectivity index (χ1v) is 12.5. The van der Waals surface area contributed by atoms with E-state index in [2.05, 4.69) is 0 Å². The lowest BCUT2D eigenvalue weighted by atomic mass is 10.0. The van der Waals surface area contributed by atoms with E-state index in [1.54, 1.807) is 41.5 Å². The van der Waals surface area contributed by atoms with E-state index in [1.807, 2.05) is 13.8 Å². The zero-order valence-electron chi connectivity index (χ0n) is 22.9. The van der Waals surface area contributed by atoms with Crippen LogP contribution >= 0.6 is 0 Å². The molecule has 0 aliphatic heterocycles. The van der Waals surface area contributed by atoms with Crippen LogP contribution in [0.4, 0.5) is 0 Å². The fraction of sp³-hybridized carbons (Fsp3) is 0.808. The molecule has 0 heterocycles. The quantitative estimate of drug-likeness (QED) is 0.174. The molecule has 10 nitrogen and oxygen atoms in total. The maximum absolute atomic E-state index is 12.5. The van der Waals surface area contributed by atoms with Gasteiger partial charge in [0.15, 0.2) is 24.6 Å². The lowest BCUT2D eigenvalue weighted by molar-refractivity contribution is -0.198. The van der Waals surface area contributed by atoms with Gasteiger partial charge in [-0.2, -0.15) is 0 Å². The molecule has 0 amide bonds. The summed E-state index contributed by atoms with van der Waals surface area (Å²) in [5.41, 5.74) is 0. The average Bonchev–Trinajstić information content (AvgIpc) is 2.70. The van der Waals surface area contributed by atoms with Crippen LogP contribution in [0.2, 0.25) is 0 Å². The molecule has 0 saturated heterocycles. The number of carbonyl (C=O) groups excluding carboxylic acids is 5. The molecule has 0 spiro atoms. The lowest BCUT2D eigenvalue weighted by Gasteiger charge is -2.33. The van der Waals surface area contributed by atoms with Gasteiger partial charge in [0, 0.05) is 25.7 Å². The number of esters is 4. The van der Waals surface area contributed by atoms with Crippen LogP contribution in [-0.4, -0.2) is 66.3 Å². The molecule has 0 aliphatic rings. The molecule has 0 aromatic rings. The predicted octanol–water partition coefficient (Wildman–Crippen LogP) is 3.01. The minimum absolute atomic E-state index is 0.00975. The highest BCUT2D eigenvalue weighted by Crippen LogP contribution is 2.20. The van der Waals surface area contributed by atoms with Crippen molar-refractivity contribution in [2.75, 3.05) is 6.61 Å². The summed E-state index contributed by atoms with van der Waals surface area (Å²) in [6.07, 6.45) is -6.33. The largest absolute Gasteiger partial charge is 0.463 e. The Morgan fingerprint density at radius 2 is 0.972 bits per heavy atom. The minimum Gasteiger partial charge on any atom is -0.463 e. The van der Waals surface area contributed by atoms with E-state index in [0.29, 0.717) is 0 Å². The zero-order chi connectivity index (χ0) is 28.0. The summed E-state index contributed by atoms with van der Waals surface area (Å²) in [5, 5.41) is 10.9. The fourth-order valence-electron chi connectivity index (χ4n) is 3.12. The smallest absolute Gasteiger partial charge is 0.306 e. The molecule has 0 radical (unpaired) electrons. The van der Waals surface area contributed by atoms with Crippen molar-refractivity contribution in [2.24, 2.45) is 23.7 Å². The normalized spacial score (nSPS) is 14.8. The van der Waals surface area contributed by atoms with Gasteiger partial charge in [-0.25, -0.2) is 0 Å². The summed E-state index contributed by atoms with van der Waals surface area (Å²) in [5.74, 6) is -3.03. The third kappa shape index (κ3) is 14.8. The van der Waals surface area contributed by atoms with Crippen molar-refractivity contribution >= 4 is 30.2 Å². The molecule has 0 aromatic heterocycles. The van der Waals surface area contributed by atoms with Gasteiger partial charge < -0.3 is 24.1 Å². The Hall–Kier alpha value is -2.49. The molecule has 4 atom stereocenters. The van der Waals surface area contributed by atoms with E-state index in [-0.39, 0.29) is 55.6 Å². The van der Waals surface area contributed by atoms with Crippen LogP contribution in [0.1, 0.15) is 81.1 Å². The number of aliphatic hydroxyl groups is 1. The number of aldehydes is 1. The summed E-state index contributed by atoms with van der Waals surface area (Å²) in [7, 11) is 0. The second-order valence-electron chi connectivity index (χ2n) is 10.6. The van der Waals surface area contributed by atoms with Crippen molar-refractivity contribution in [2.45, 2.75) is 105 Å². The van der Waals surface area contributed by atoms with Gasteiger partial charge in [0.05, 0.1) is 0 Å². The first-order valence-electron chi connectivity index (χ1n) is 12.5.